The summed E-state index contributed by atoms with van der Waals surface area (Å²) in [7, 11) is 0. The number of hydrogen-bond acceptors (Lipinski definition) is 3. The summed E-state index contributed by atoms with van der Waals surface area (Å²) in [5.74, 6) is -1.46. The van der Waals surface area contributed by atoms with Gasteiger partial charge in [0.25, 0.3) is 0 Å². The number of aliphatic carboxylic acids is 1. The molecule has 0 aliphatic carbocycles. The average molecular weight is 262 g/mol. The van der Waals surface area contributed by atoms with E-state index in [1.165, 1.54) is 12.1 Å². The van der Waals surface area contributed by atoms with E-state index in [4.69, 9.17) is 5.26 Å². The zero-order valence-electron chi connectivity index (χ0n) is 10.7. The molecule has 1 atom stereocenters. The molecule has 0 radical (unpaired) electrons. The number of carboxylic acid groups (broad SMARTS) is 1. The van der Waals surface area contributed by atoms with Crippen LogP contribution >= 0.6 is 0 Å². The van der Waals surface area contributed by atoms with Crippen LogP contribution in [0.2, 0.25) is 0 Å². The molecule has 4 nitrogen and oxygen atoms in total. The molecule has 1 N–H and O–H groups in total. The van der Waals surface area contributed by atoms with E-state index in [1.54, 1.807) is 11.8 Å². The Morgan fingerprint density at radius 1 is 1.63 bits per heavy atom. The molecule has 0 saturated carbocycles. The first-order valence-electron chi connectivity index (χ1n) is 6.26. The van der Waals surface area contributed by atoms with Crippen LogP contribution in [0.5, 0.6) is 0 Å². The van der Waals surface area contributed by atoms with Crippen LogP contribution in [-0.4, -0.2) is 23.2 Å². The third kappa shape index (κ3) is 2.03. The Bertz CT molecular complexity index is 553. The van der Waals surface area contributed by atoms with Crippen LogP contribution in [-0.2, 0) is 4.79 Å². The lowest BCUT2D eigenvalue weighted by Gasteiger charge is -2.35. The average Bonchev–Trinajstić information content (AvgIpc) is 2.83. The van der Waals surface area contributed by atoms with Gasteiger partial charge in [-0.15, -0.1) is 0 Å². The Balaban J connectivity index is 2.46. The first kappa shape index (κ1) is 13.3. The third-order valence-electron chi connectivity index (χ3n) is 3.84. The Hall–Kier alpha value is -2.09. The highest BCUT2D eigenvalue weighted by Gasteiger charge is 2.46. The Labute approximate surface area is 111 Å². The fourth-order valence-electron chi connectivity index (χ4n) is 2.77. The third-order valence-corrected chi connectivity index (χ3v) is 3.84. The molecular weight excluding hydrogens is 247 g/mol. The minimum Gasteiger partial charge on any atom is -0.479 e. The van der Waals surface area contributed by atoms with Crippen molar-refractivity contribution in [2.45, 2.75) is 31.7 Å². The number of anilines is 1. The first-order valence-corrected chi connectivity index (χ1v) is 6.26. The molecule has 1 saturated heterocycles. The number of halogens is 1. The second kappa shape index (κ2) is 4.88. The molecule has 0 amide bonds. The highest BCUT2D eigenvalue weighted by Crippen LogP contribution is 2.38. The number of rotatable bonds is 3. The summed E-state index contributed by atoms with van der Waals surface area (Å²) >= 11 is 0. The van der Waals surface area contributed by atoms with E-state index in [9.17, 15) is 14.3 Å². The maximum atomic E-state index is 14.0. The zero-order valence-corrected chi connectivity index (χ0v) is 10.7. The quantitative estimate of drug-likeness (QED) is 0.909. The van der Waals surface area contributed by atoms with Crippen molar-refractivity contribution in [1.29, 1.82) is 5.26 Å². The van der Waals surface area contributed by atoms with Crippen molar-refractivity contribution in [1.82, 2.24) is 0 Å². The summed E-state index contributed by atoms with van der Waals surface area (Å²) in [6, 6.07) is 6.02. The maximum Gasteiger partial charge on any atom is 0.329 e. The van der Waals surface area contributed by atoms with Gasteiger partial charge in [0.05, 0.1) is 17.3 Å². The monoisotopic (exact) mass is 262 g/mol. The second-order valence-electron chi connectivity index (χ2n) is 4.72. The maximum absolute atomic E-state index is 14.0. The van der Waals surface area contributed by atoms with E-state index in [2.05, 4.69) is 0 Å². The van der Waals surface area contributed by atoms with Gasteiger partial charge in [0.1, 0.15) is 11.4 Å². The van der Waals surface area contributed by atoms with E-state index in [1.807, 2.05) is 6.07 Å². The number of nitriles is 1. The number of nitrogens with zero attached hydrogens (tertiary/aromatic N) is 2. The van der Waals surface area contributed by atoms with Crippen LogP contribution in [0.25, 0.3) is 0 Å². The lowest BCUT2D eigenvalue weighted by Crippen LogP contribution is -2.50. The van der Waals surface area contributed by atoms with Gasteiger partial charge in [-0.25, -0.2) is 9.18 Å². The van der Waals surface area contributed by atoms with Gasteiger partial charge >= 0.3 is 5.97 Å². The normalized spacial score (nSPS) is 22.3. The molecule has 100 valence electrons. The first-order chi connectivity index (χ1) is 9.05. The van der Waals surface area contributed by atoms with E-state index in [-0.39, 0.29) is 11.3 Å². The van der Waals surface area contributed by atoms with Gasteiger partial charge < -0.3 is 10.0 Å². The summed E-state index contributed by atoms with van der Waals surface area (Å²) in [6.45, 7) is 2.32. The molecular formula is C14H15FN2O2. The van der Waals surface area contributed by atoms with Crippen LogP contribution in [0, 0.1) is 17.1 Å². The van der Waals surface area contributed by atoms with Gasteiger partial charge in [-0.05, 0) is 37.5 Å². The minimum atomic E-state index is -1.03. The topological polar surface area (TPSA) is 64.3 Å². The summed E-state index contributed by atoms with van der Waals surface area (Å²) in [5.41, 5.74) is -0.534. The summed E-state index contributed by atoms with van der Waals surface area (Å²) in [4.78, 5) is 13.2. The predicted octanol–water partition coefficient (Wildman–Crippen LogP) is 2.53. The zero-order chi connectivity index (χ0) is 14.0. The lowest BCUT2D eigenvalue weighted by molar-refractivity contribution is -0.143. The van der Waals surface area contributed by atoms with Crippen LogP contribution in [0.4, 0.5) is 10.1 Å². The highest BCUT2D eigenvalue weighted by molar-refractivity contribution is 5.84. The molecule has 1 unspecified atom stereocenters. The molecule has 0 spiro atoms. The van der Waals surface area contributed by atoms with E-state index < -0.39 is 17.3 Å². The van der Waals surface area contributed by atoms with E-state index >= 15 is 0 Å². The number of carboxylic acids is 1. The smallest absolute Gasteiger partial charge is 0.329 e. The van der Waals surface area contributed by atoms with E-state index in [0.29, 0.717) is 19.4 Å². The van der Waals surface area contributed by atoms with Crippen molar-refractivity contribution in [3.05, 3.63) is 29.6 Å². The predicted molar refractivity (Wildman–Crippen MR) is 68.4 cm³/mol. The van der Waals surface area contributed by atoms with Crippen molar-refractivity contribution >= 4 is 11.7 Å². The number of carbonyl (C=O) groups is 1. The number of hydrogen-bond donors (Lipinski definition) is 1. The fraction of sp³-hybridized carbons (Fsp3) is 0.429. The van der Waals surface area contributed by atoms with Crippen molar-refractivity contribution in [3.8, 4) is 6.07 Å². The second-order valence-corrected chi connectivity index (χ2v) is 4.72. The Morgan fingerprint density at radius 2 is 2.37 bits per heavy atom. The summed E-state index contributed by atoms with van der Waals surface area (Å²) in [5, 5.41) is 18.2. The van der Waals surface area contributed by atoms with Gasteiger partial charge in [0, 0.05) is 6.54 Å². The molecule has 0 aromatic heterocycles. The molecule has 1 aromatic carbocycles. The molecule has 1 aliphatic rings. The fourth-order valence-corrected chi connectivity index (χ4v) is 2.77. The van der Waals surface area contributed by atoms with Gasteiger partial charge in [0.15, 0.2) is 0 Å². The SMILES string of the molecule is CCC1(C(=O)O)CCCN1c1ccc(C#N)cc1F. The molecule has 0 bridgehead atoms. The van der Waals surface area contributed by atoms with Gasteiger partial charge in [-0.3, -0.25) is 0 Å². The van der Waals surface area contributed by atoms with Crippen molar-refractivity contribution in [2.75, 3.05) is 11.4 Å². The Kier molecular flexibility index (Phi) is 3.43. The van der Waals surface area contributed by atoms with Crippen molar-refractivity contribution < 1.29 is 14.3 Å². The molecule has 1 aromatic rings. The van der Waals surface area contributed by atoms with E-state index in [0.717, 1.165) is 12.5 Å². The molecule has 1 fully saturated rings. The van der Waals surface area contributed by atoms with Crippen LogP contribution < -0.4 is 4.90 Å². The number of benzene rings is 1. The van der Waals surface area contributed by atoms with Crippen molar-refractivity contribution in [2.24, 2.45) is 0 Å². The standard InChI is InChI=1S/C14H15FN2O2/c1-2-14(13(18)19)6-3-7-17(14)12-5-4-10(9-16)8-11(12)15/h4-5,8H,2-3,6-7H2,1H3,(H,18,19). The highest BCUT2D eigenvalue weighted by atomic mass is 19.1. The molecule has 19 heavy (non-hydrogen) atoms. The van der Waals surface area contributed by atoms with Crippen LogP contribution in [0.15, 0.2) is 18.2 Å². The Morgan fingerprint density at radius 3 is 2.89 bits per heavy atom. The minimum absolute atomic E-state index is 0.234. The molecule has 2 rings (SSSR count). The van der Waals surface area contributed by atoms with Crippen LogP contribution in [0.1, 0.15) is 31.7 Å². The molecule has 5 heteroatoms. The summed E-state index contributed by atoms with van der Waals surface area (Å²) < 4.78 is 14.0. The van der Waals surface area contributed by atoms with Gasteiger partial charge in [-0.2, -0.15) is 5.26 Å². The lowest BCUT2D eigenvalue weighted by atomic mass is 9.92. The van der Waals surface area contributed by atoms with Gasteiger partial charge in [-0.1, -0.05) is 6.92 Å². The molecule has 1 heterocycles. The van der Waals surface area contributed by atoms with Crippen LogP contribution in [0.3, 0.4) is 0 Å². The van der Waals surface area contributed by atoms with Gasteiger partial charge in [0.2, 0.25) is 0 Å². The molecule has 1 aliphatic heterocycles. The van der Waals surface area contributed by atoms with Crippen molar-refractivity contribution in [3.63, 3.8) is 0 Å². The largest absolute Gasteiger partial charge is 0.479 e. The summed E-state index contributed by atoms with van der Waals surface area (Å²) in [6.07, 6.45) is 1.65.